The fourth-order valence-corrected chi connectivity index (χ4v) is 2.57. The Morgan fingerprint density at radius 3 is 2.56 bits per heavy atom. The van der Waals surface area contributed by atoms with Gasteiger partial charge in [-0.1, -0.05) is 35.9 Å². The van der Waals surface area contributed by atoms with E-state index in [0.717, 1.165) is 16.9 Å². The molecule has 2 aromatic carbocycles. The lowest BCUT2D eigenvalue weighted by molar-refractivity contribution is 0.0951. The molecule has 0 saturated carbocycles. The van der Waals surface area contributed by atoms with Crippen molar-refractivity contribution in [1.82, 2.24) is 15.5 Å². The molecule has 0 unspecified atom stereocenters. The third kappa shape index (κ3) is 4.19. The van der Waals surface area contributed by atoms with Crippen LogP contribution in [0.3, 0.4) is 0 Å². The maximum absolute atomic E-state index is 12.5. The molecule has 0 fully saturated rings. The zero-order valence-corrected chi connectivity index (χ0v) is 14.5. The van der Waals surface area contributed by atoms with E-state index in [-0.39, 0.29) is 5.91 Å². The second-order valence-electron chi connectivity index (χ2n) is 5.43. The molecule has 128 valence electrons. The van der Waals surface area contributed by atoms with Crippen LogP contribution in [0, 0.1) is 0 Å². The number of aromatic nitrogens is 2. The molecule has 0 aliphatic carbocycles. The Bertz CT molecular complexity index is 842. The van der Waals surface area contributed by atoms with E-state index in [1.54, 1.807) is 12.1 Å². The van der Waals surface area contributed by atoms with Crippen LogP contribution in [0.2, 0.25) is 5.02 Å². The molecule has 0 spiro atoms. The van der Waals surface area contributed by atoms with Crippen LogP contribution in [-0.2, 0) is 6.54 Å². The Labute approximate surface area is 151 Å². The highest BCUT2D eigenvalue weighted by Crippen LogP contribution is 2.23. The van der Waals surface area contributed by atoms with E-state index in [1.165, 1.54) is 6.20 Å². The predicted molar refractivity (Wildman–Crippen MR) is 97.8 cm³/mol. The molecule has 3 aromatic rings. The van der Waals surface area contributed by atoms with Crippen LogP contribution in [0.25, 0.3) is 11.3 Å². The molecule has 3 rings (SSSR count). The van der Waals surface area contributed by atoms with Gasteiger partial charge in [0.2, 0.25) is 0 Å². The Morgan fingerprint density at radius 1 is 1.16 bits per heavy atom. The summed E-state index contributed by atoms with van der Waals surface area (Å²) in [7, 11) is 0. The molecule has 0 bridgehead atoms. The molecule has 5 nitrogen and oxygen atoms in total. The summed E-state index contributed by atoms with van der Waals surface area (Å²) < 4.78 is 5.41. The van der Waals surface area contributed by atoms with E-state index in [9.17, 15) is 4.79 Å². The van der Waals surface area contributed by atoms with Crippen molar-refractivity contribution < 1.29 is 9.53 Å². The van der Waals surface area contributed by atoms with E-state index in [1.807, 2.05) is 43.3 Å². The molecule has 0 aliphatic heterocycles. The largest absolute Gasteiger partial charge is 0.494 e. The summed E-state index contributed by atoms with van der Waals surface area (Å²) in [5.74, 6) is 0.630. The number of H-pyrrole nitrogens is 1. The van der Waals surface area contributed by atoms with Crippen molar-refractivity contribution in [3.63, 3.8) is 0 Å². The van der Waals surface area contributed by atoms with Gasteiger partial charge in [-0.15, -0.1) is 0 Å². The molecule has 0 saturated heterocycles. The topological polar surface area (TPSA) is 67.0 Å². The molecule has 0 atom stereocenters. The number of rotatable bonds is 6. The van der Waals surface area contributed by atoms with E-state index in [0.29, 0.717) is 29.4 Å². The van der Waals surface area contributed by atoms with Crippen molar-refractivity contribution >= 4 is 17.5 Å². The second-order valence-corrected chi connectivity index (χ2v) is 5.86. The molecule has 6 heteroatoms. The van der Waals surface area contributed by atoms with Crippen LogP contribution < -0.4 is 10.1 Å². The average Bonchev–Trinajstić information content (AvgIpc) is 3.11. The zero-order valence-electron chi connectivity index (χ0n) is 13.8. The summed E-state index contributed by atoms with van der Waals surface area (Å²) in [6, 6.07) is 14.9. The molecule has 1 amide bonds. The summed E-state index contributed by atoms with van der Waals surface area (Å²) in [5, 5.41) is 10.4. The maximum Gasteiger partial charge on any atom is 0.255 e. The van der Waals surface area contributed by atoms with Crippen molar-refractivity contribution in [3.8, 4) is 17.0 Å². The van der Waals surface area contributed by atoms with Gasteiger partial charge in [0.1, 0.15) is 5.75 Å². The van der Waals surface area contributed by atoms with Crippen molar-refractivity contribution in [1.29, 1.82) is 0 Å². The van der Waals surface area contributed by atoms with Crippen molar-refractivity contribution in [2.24, 2.45) is 0 Å². The lowest BCUT2D eigenvalue weighted by Crippen LogP contribution is -2.22. The van der Waals surface area contributed by atoms with Crippen molar-refractivity contribution in [3.05, 3.63) is 70.9 Å². The number of aromatic amines is 1. The SMILES string of the molecule is CCOc1ccc(CNC(=O)c2cn[nH]c2-c2ccc(Cl)cc2)cc1. The minimum absolute atomic E-state index is 0.187. The number of halogens is 1. The minimum atomic E-state index is -0.187. The van der Waals surface area contributed by atoms with Crippen molar-refractivity contribution in [2.45, 2.75) is 13.5 Å². The van der Waals surface area contributed by atoms with Gasteiger partial charge in [-0.25, -0.2) is 0 Å². The van der Waals surface area contributed by atoms with Gasteiger partial charge in [-0.3, -0.25) is 9.89 Å². The fraction of sp³-hybridized carbons (Fsp3) is 0.158. The van der Waals surface area contributed by atoms with Gasteiger partial charge in [0.05, 0.1) is 24.1 Å². The number of carbonyl (C=O) groups excluding carboxylic acids is 1. The Morgan fingerprint density at radius 2 is 1.88 bits per heavy atom. The molecular formula is C19H18ClN3O2. The molecule has 1 aromatic heterocycles. The quantitative estimate of drug-likeness (QED) is 0.700. The van der Waals surface area contributed by atoms with Gasteiger partial charge in [0, 0.05) is 17.1 Å². The van der Waals surface area contributed by atoms with Gasteiger partial charge in [0.25, 0.3) is 5.91 Å². The minimum Gasteiger partial charge on any atom is -0.494 e. The summed E-state index contributed by atoms with van der Waals surface area (Å²) in [5.41, 5.74) is 3.01. The molecule has 1 heterocycles. The Kier molecular flexibility index (Phi) is 5.36. The predicted octanol–water partition coefficient (Wildman–Crippen LogP) is 4.06. The van der Waals surface area contributed by atoms with Gasteiger partial charge < -0.3 is 10.1 Å². The number of nitrogens with zero attached hydrogens (tertiary/aromatic N) is 1. The van der Waals surface area contributed by atoms with E-state index >= 15 is 0 Å². The fourth-order valence-electron chi connectivity index (χ4n) is 2.44. The van der Waals surface area contributed by atoms with Crippen LogP contribution >= 0.6 is 11.6 Å². The lowest BCUT2D eigenvalue weighted by atomic mass is 10.1. The summed E-state index contributed by atoms with van der Waals surface area (Å²) in [4.78, 5) is 12.5. The first-order valence-electron chi connectivity index (χ1n) is 7.96. The second kappa shape index (κ2) is 7.85. The highest BCUT2D eigenvalue weighted by Gasteiger charge is 2.15. The monoisotopic (exact) mass is 355 g/mol. The van der Waals surface area contributed by atoms with Gasteiger partial charge in [-0.2, -0.15) is 5.10 Å². The number of amides is 1. The number of hydrogen-bond donors (Lipinski definition) is 2. The molecule has 2 N–H and O–H groups in total. The van der Waals surface area contributed by atoms with Gasteiger partial charge in [-0.05, 0) is 36.8 Å². The van der Waals surface area contributed by atoms with E-state index in [4.69, 9.17) is 16.3 Å². The first-order valence-corrected chi connectivity index (χ1v) is 8.34. The molecule has 25 heavy (non-hydrogen) atoms. The average molecular weight is 356 g/mol. The van der Waals surface area contributed by atoms with Crippen LogP contribution in [-0.4, -0.2) is 22.7 Å². The molecule has 0 radical (unpaired) electrons. The highest BCUT2D eigenvalue weighted by atomic mass is 35.5. The zero-order chi connectivity index (χ0) is 17.6. The van der Waals surface area contributed by atoms with Crippen LogP contribution in [0.1, 0.15) is 22.8 Å². The van der Waals surface area contributed by atoms with Crippen LogP contribution in [0.4, 0.5) is 0 Å². The third-order valence-corrected chi connectivity index (χ3v) is 3.96. The maximum atomic E-state index is 12.5. The summed E-state index contributed by atoms with van der Waals surface area (Å²) in [6.45, 7) is 3.00. The number of nitrogens with one attached hydrogen (secondary N) is 2. The van der Waals surface area contributed by atoms with Crippen LogP contribution in [0.15, 0.2) is 54.7 Å². The van der Waals surface area contributed by atoms with Gasteiger partial charge in [0.15, 0.2) is 0 Å². The normalized spacial score (nSPS) is 10.5. The number of carbonyl (C=O) groups is 1. The van der Waals surface area contributed by atoms with Gasteiger partial charge >= 0.3 is 0 Å². The van der Waals surface area contributed by atoms with E-state index in [2.05, 4.69) is 15.5 Å². The lowest BCUT2D eigenvalue weighted by Gasteiger charge is -2.08. The third-order valence-electron chi connectivity index (χ3n) is 3.70. The smallest absolute Gasteiger partial charge is 0.255 e. The molecule has 0 aliphatic rings. The number of hydrogen-bond acceptors (Lipinski definition) is 3. The van der Waals surface area contributed by atoms with Crippen LogP contribution in [0.5, 0.6) is 5.75 Å². The first kappa shape index (κ1) is 17.0. The summed E-state index contributed by atoms with van der Waals surface area (Å²) in [6.07, 6.45) is 1.53. The highest BCUT2D eigenvalue weighted by molar-refractivity contribution is 6.30. The molecular weight excluding hydrogens is 338 g/mol. The summed E-state index contributed by atoms with van der Waals surface area (Å²) >= 11 is 5.91. The van der Waals surface area contributed by atoms with Crippen molar-refractivity contribution in [2.75, 3.05) is 6.61 Å². The van der Waals surface area contributed by atoms with E-state index < -0.39 is 0 Å². The number of benzene rings is 2. The first-order chi connectivity index (χ1) is 12.2. The number of ether oxygens (including phenoxy) is 1. The Balaban J connectivity index is 1.68. The standard InChI is InChI=1S/C19H18ClN3O2/c1-2-25-16-9-3-13(4-10-16)11-21-19(24)17-12-22-23-18(17)14-5-7-15(20)8-6-14/h3-10,12H,2,11H2,1H3,(H,21,24)(H,22,23). The Hall–Kier alpha value is -2.79.